The first-order chi connectivity index (χ1) is 12.1. The average molecular weight is 374 g/mol. The molecule has 2 aromatic carbocycles. The number of nitrogens with zero attached hydrogens (tertiary/aromatic N) is 2. The summed E-state index contributed by atoms with van der Waals surface area (Å²) >= 11 is 1.51. The zero-order valence-electron chi connectivity index (χ0n) is 13.6. The standard InChI is InChI=1S/C18H18N2O3S2/c21-25(22)9-8-13(12-25)10-17-19-20-18(23-17)24-11-15-6-3-5-14-4-1-2-7-16(14)15/h1-7,13H,8-12H2/t13-/m0/s1. The molecule has 0 spiro atoms. The molecule has 1 aromatic heterocycles. The highest BCUT2D eigenvalue weighted by Gasteiger charge is 2.29. The van der Waals surface area contributed by atoms with E-state index >= 15 is 0 Å². The Labute approximate surface area is 150 Å². The Morgan fingerprint density at radius 1 is 1.12 bits per heavy atom. The van der Waals surface area contributed by atoms with Gasteiger partial charge in [0.25, 0.3) is 5.22 Å². The summed E-state index contributed by atoms with van der Waals surface area (Å²) in [6, 6.07) is 14.6. The van der Waals surface area contributed by atoms with Gasteiger partial charge in [-0.2, -0.15) is 0 Å². The van der Waals surface area contributed by atoms with Crippen LogP contribution in [-0.2, 0) is 22.0 Å². The molecule has 0 N–H and O–H groups in total. The molecule has 0 amide bonds. The maximum Gasteiger partial charge on any atom is 0.276 e. The number of aromatic nitrogens is 2. The third-order valence-electron chi connectivity index (χ3n) is 4.47. The second-order valence-electron chi connectivity index (χ2n) is 6.36. The first kappa shape index (κ1) is 16.6. The highest BCUT2D eigenvalue weighted by molar-refractivity contribution is 7.98. The summed E-state index contributed by atoms with van der Waals surface area (Å²) in [7, 11) is -2.87. The van der Waals surface area contributed by atoms with E-state index in [0.717, 1.165) is 5.75 Å². The molecule has 1 saturated heterocycles. The maximum absolute atomic E-state index is 11.5. The molecule has 0 radical (unpaired) electrons. The lowest BCUT2D eigenvalue weighted by molar-refractivity contribution is 0.389. The van der Waals surface area contributed by atoms with E-state index in [-0.39, 0.29) is 17.4 Å². The van der Waals surface area contributed by atoms with Gasteiger partial charge in [0.05, 0.1) is 11.5 Å². The van der Waals surface area contributed by atoms with Gasteiger partial charge in [0, 0.05) is 12.2 Å². The molecule has 4 rings (SSSR count). The number of thioether (sulfide) groups is 1. The number of benzene rings is 2. The van der Waals surface area contributed by atoms with E-state index in [0.29, 0.717) is 24.0 Å². The molecule has 2 heterocycles. The molecule has 3 aromatic rings. The van der Waals surface area contributed by atoms with E-state index in [1.165, 1.54) is 28.1 Å². The van der Waals surface area contributed by atoms with Crippen LogP contribution in [0.4, 0.5) is 0 Å². The fourth-order valence-electron chi connectivity index (χ4n) is 3.22. The van der Waals surface area contributed by atoms with Crippen molar-refractivity contribution in [3.8, 4) is 0 Å². The quantitative estimate of drug-likeness (QED) is 0.637. The predicted octanol–water partition coefficient (Wildman–Crippen LogP) is 3.49. The molecule has 7 heteroatoms. The molecule has 0 aliphatic carbocycles. The first-order valence-corrected chi connectivity index (χ1v) is 11.0. The number of hydrogen-bond donors (Lipinski definition) is 0. The second-order valence-corrected chi connectivity index (χ2v) is 9.52. The fraction of sp³-hybridized carbons (Fsp3) is 0.333. The van der Waals surface area contributed by atoms with Crippen LogP contribution in [0.3, 0.4) is 0 Å². The average Bonchev–Trinajstić information content (AvgIpc) is 3.19. The normalized spacial score (nSPS) is 19.4. The smallest absolute Gasteiger partial charge is 0.276 e. The molecule has 25 heavy (non-hydrogen) atoms. The van der Waals surface area contributed by atoms with Crippen LogP contribution in [0.1, 0.15) is 17.9 Å². The number of rotatable bonds is 5. The SMILES string of the molecule is O=S1(=O)CC[C@@H](Cc2nnc(SCc3cccc4ccccc34)o2)C1. The Hall–Kier alpha value is -1.86. The van der Waals surface area contributed by atoms with Gasteiger partial charge in [0.15, 0.2) is 9.84 Å². The van der Waals surface area contributed by atoms with Gasteiger partial charge in [-0.25, -0.2) is 8.42 Å². The number of fused-ring (bicyclic) bond motifs is 1. The summed E-state index contributed by atoms with van der Waals surface area (Å²) in [4.78, 5) is 0. The van der Waals surface area contributed by atoms with Gasteiger partial charge in [-0.05, 0) is 28.7 Å². The number of sulfone groups is 1. The molecular formula is C18H18N2O3S2. The minimum Gasteiger partial charge on any atom is -0.416 e. The van der Waals surface area contributed by atoms with Crippen LogP contribution >= 0.6 is 11.8 Å². The van der Waals surface area contributed by atoms with E-state index in [2.05, 4.69) is 40.5 Å². The van der Waals surface area contributed by atoms with Crippen LogP contribution in [0.2, 0.25) is 0 Å². The van der Waals surface area contributed by atoms with E-state index in [1.807, 2.05) is 12.1 Å². The summed E-state index contributed by atoms with van der Waals surface area (Å²) in [5.41, 5.74) is 1.23. The largest absolute Gasteiger partial charge is 0.416 e. The molecule has 0 unspecified atom stereocenters. The topological polar surface area (TPSA) is 73.1 Å². The molecule has 1 atom stereocenters. The van der Waals surface area contributed by atoms with Gasteiger partial charge >= 0.3 is 0 Å². The lowest BCUT2D eigenvalue weighted by Crippen LogP contribution is -2.07. The third kappa shape index (κ3) is 3.88. The van der Waals surface area contributed by atoms with Crippen LogP contribution in [0.5, 0.6) is 0 Å². The van der Waals surface area contributed by atoms with Gasteiger partial charge in [0.2, 0.25) is 5.89 Å². The van der Waals surface area contributed by atoms with Crippen molar-refractivity contribution < 1.29 is 12.8 Å². The highest BCUT2D eigenvalue weighted by Crippen LogP contribution is 2.28. The van der Waals surface area contributed by atoms with Crippen molar-refractivity contribution in [3.63, 3.8) is 0 Å². The lowest BCUT2D eigenvalue weighted by Gasteiger charge is -2.04. The van der Waals surface area contributed by atoms with Crippen molar-refractivity contribution in [3.05, 3.63) is 53.9 Å². The summed E-state index contributed by atoms with van der Waals surface area (Å²) < 4.78 is 28.8. The van der Waals surface area contributed by atoms with Gasteiger partial charge in [-0.3, -0.25) is 0 Å². The van der Waals surface area contributed by atoms with Crippen molar-refractivity contribution in [2.24, 2.45) is 5.92 Å². The van der Waals surface area contributed by atoms with Crippen molar-refractivity contribution in [1.82, 2.24) is 10.2 Å². The Morgan fingerprint density at radius 2 is 1.96 bits per heavy atom. The van der Waals surface area contributed by atoms with E-state index in [4.69, 9.17) is 4.42 Å². The highest BCUT2D eigenvalue weighted by atomic mass is 32.2. The zero-order chi connectivity index (χ0) is 17.3. The summed E-state index contributed by atoms with van der Waals surface area (Å²) in [6.07, 6.45) is 1.23. The Morgan fingerprint density at radius 3 is 2.80 bits per heavy atom. The summed E-state index contributed by atoms with van der Waals surface area (Å²) in [5, 5.41) is 11.1. The second kappa shape index (κ2) is 6.80. The minimum atomic E-state index is -2.87. The van der Waals surface area contributed by atoms with Crippen molar-refractivity contribution >= 4 is 32.4 Å². The lowest BCUT2D eigenvalue weighted by atomic mass is 10.1. The van der Waals surface area contributed by atoms with Gasteiger partial charge in [0.1, 0.15) is 0 Å². The molecule has 5 nitrogen and oxygen atoms in total. The summed E-state index contributed by atoms with van der Waals surface area (Å²) in [5.74, 6) is 1.88. The van der Waals surface area contributed by atoms with E-state index in [9.17, 15) is 8.42 Å². The van der Waals surface area contributed by atoms with Crippen LogP contribution < -0.4 is 0 Å². The molecular weight excluding hydrogens is 356 g/mol. The minimum absolute atomic E-state index is 0.0985. The van der Waals surface area contributed by atoms with Gasteiger partial charge in [-0.15, -0.1) is 10.2 Å². The van der Waals surface area contributed by atoms with E-state index < -0.39 is 9.84 Å². The van der Waals surface area contributed by atoms with Gasteiger partial charge < -0.3 is 4.42 Å². The maximum atomic E-state index is 11.5. The van der Waals surface area contributed by atoms with Crippen LogP contribution in [-0.4, -0.2) is 30.1 Å². The first-order valence-electron chi connectivity index (χ1n) is 8.21. The van der Waals surface area contributed by atoms with Gasteiger partial charge in [-0.1, -0.05) is 54.2 Å². The Kier molecular flexibility index (Phi) is 4.52. The summed E-state index contributed by atoms with van der Waals surface area (Å²) in [6.45, 7) is 0. The number of hydrogen-bond acceptors (Lipinski definition) is 6. The Balaban J connectivity index is 1.41. The van der Waals surface area contributed by atoms with Crippen LogP contribution in [0.25, 0.3) is 10.8 Å². The van der Waals surface area contributed by atoms with Crippen molar-refractivity contribution in [1.29, 1.82) is 0 Å². The third-order valence-corrected chi connectivity index (χ3v) is 7.17. The monoisotopic (exact) mass is 374 g/mol. The molecule has 0 bridgehead atoms. The molecule has 1 aliphatic heterocycles. The van der Waals surface area contributed by atoms with Crippen molar-refractivity contribution in [2.75, 3.05) is 11.5 Å². The van der Waals surface area contributed by atoms with Crippen molar-refractivity contribution in [2.45, 2.75) is 23.8 Å². The Bertz CT molecular complexity index is 993. The molecule has 1 fully saturated rings. The van der Waals surface area contributed by atoms with Crippen LogP contribution in [0.15, 0.2) is 52.1 Å². The van der Waals surface area contributed by atoms with E-state index in [1.54, 1.807) is 0 Å². The molecule has 0 saturated carbocycles. The van der Waals surface area contributed by atoms with Crippen LogP contribution in [0, 0.1) is 5.92 Å². The zero-order valence-corrected chi connectivity index (χ0v) is 15.2. The molecule has 130 valence electrons. The predicted molar refractivity (Wildman–Crippen MR) is 98.3 cm³/mol. The molecule has 1 aliphatic rings. The fourth-order valence-corrected chi connectivity index (χ4v) is 5.86.